The molecule has 9 nitrogen and oxygen atoms in total. The number of carboxylic acid groups (broad SMARTS) is 1. The molecule has 9 heteroatoms. The summed E-state index contributed by atoms with van der Waals surface area (Å²) in [5.74, 6) is -0.583. The molecule has 2 saturated heterocycles. The quantitative estimate of drug-likeness (QED) is 0.348. The van der Waals surface area contributed by atoms with Gasteiger partial charge in [-0.1, -0.05) is 62.9 Å². The number of hydrogen-bond acceptors (Lipinski definition) is 6. The van der Waals surface area contributed by atoms with E-state index in [4.69, 9.17) is 4.74 Å². The maximum Gasteiger partial charge on any atom is 0.335 e. The number of aliphatic hydroxyl groups is 1. The van der Waals surface area contributed by atoms with Gasteiger partial charge < -0.3 is 25.2 Å². The van der Waals surface area contributed by atoms with Crippen molar-refractivity contribution >= 4 is 17.8 Å². The number of hydrogen-bond donors (Lipinski definition) is 3. The number of rotatable bonds is 11. The van der Waals surface area contributed by atoms with Gasteiger partial charge >= 0.3 is 5.97 Å². The fraction of sp³-hybridized carbons (Fsp3) is 0.571. The van der Waals surface area contributed by atoms with Crippen LogP contribution in [0.4, 0.5) is 0 Å². The van der Waals surface area contributed by atoms with Crippen LogP contribution in [-0.4, -0.2) is 82.2 Å². The molecule has 1 aliphatic carbocycles. The van der Waals surface area contributed by atoms with Gasteiger partial charge in [-0.05, 0) is 66.8 Å². The first-order chi connectivity index (χ1) is 21.3. The Morgan fingerprint density at radius 1 is 1.05 bits per heavy atom. The van der Waals surface area contributed by atoms with Crippen molar-refractivity contribution in [2.24, 2.45) is 5.92 Å². The maximum atomic E-state index is 13.9. The molecule has 1 spiro atoms. The number of unbranched alkanes of at least 4 members (excludes halogenated alkanes) is 1. The number of carbonyl (C=O) groups is 3. The van der Waals surface area contributed by atoms with Gasteiger partial charge in [-0.25, -0.2) is 4.79 Å². The molecule has 238 valence electrons. The van der Waals surface area contributed by atoms with Crippen LogP contribution in [0.3, 0.4) is 0 Å². The molecular formula is C35H47N3O6. The molecule has 2 aromatic rings. The van der Waals surface area contributed by atoms with Crippen LogP contribution in [-0.2, 0) is 22.6 Å². The van der Waals surface area contributed by atoms with E-state index in [0.717, 1.165) is 56.2 Å². The van der Waals surface area contributed by atoms with Gasteiger partial charge in [0.1, 0.15) is 17.3 Å². The summed E-state index contributed by atoms with van der Waals surface area (Å²) in [6.07, 6.45) is 7.82. The van der Waals surface area contributed by atoms with Crippen molar-refractivity contribution in [2.75, 3.05) is 26.7 Å². The number of carboxylic acids is 1. The van der Waals surface area contributed by atoms with Crippen LogP contribution >= 0.6 is 0 Å². The number of aromatic carboxylic acids is 1. The highest BCUT2D eigenvalue weighted by atomic mass is 16.5. The van der Waals surface area contributed by atoms with E-state index in [9.17, 15) is 24.6 Å². The normalized spacial score (nSPS) is 21.7. The largest absolute Gasteiger partial charge is 0.496 e. The first-order valence-corrected chi connectivity index (χ1v) is 16.3. The molecule has 1 saturated carbocycles. The van der Waals surface area contributed by atoms with Crippen LogP contribution in [0.1, 0.15) is 91.8 Å². The van der Waals surface area contributed by atoms with Gasteiger partial charge in [-0.15, -0.1) is 0 Å². The molecule has 44 heavy (non-hydrogen) atoms. The number of amides is 2. The lowest BCUT2D eigenvalue weighted by molar-refractivity contribution is -0.166. The smallest absolute Gasteiger partial charge is 0.335 e. The Hall–Kier alpha value is -3.43. The van der Waals surface area contributed by atoms with E-state index in [0.29, 0.717) is 44.6 Å². The van der Waals surface area contributed by atoms with Crippen molar-refractivity contribution in [1.82, 2.24) is 15.1 Å². The van der Waals surface area contributed by atoms with Crippen LogP contribution in [0, 0.1) is 5.92 Å². The zero-order valence-corrected chi connectivity index (χ0v) is 26.1. The van der Waals surface area contributed by atoms with Crippen molar-refractivity contribution < 1.29 is 29.3 Å². The van der Waals surface area contributed by atoms with E-state index in [-0.39, 0.29) is 23.3 Å². The van der Waals surface area contributed by atoms with E-state index in [2.05, 4.69) is 41.4 Å². The van der Waals surface area contributed by atoms with Gasteiger partial charge in [0.25, 0.3) is 0 Å². The van der Waals surface area contributed by atoms with Crippen molar-refractivity contribution in [1.29, 1.82) is 0 Å². The predicted octanol–water partition coefficient (Wildman–Crippen LogP) is 4.39. The standard InChI is InChI=1S/C35H47N3O6/c1-3-4-18-38-32(40)30(31(39)26-8-6-5-7-9-26)36-34(43)35(38)16-19-37(20-17-35)23-25-12-10-24(11-13-25)21-27-14-15-28(33(41)42)22-29(27)44-2/h10-15,22,26,30-31,39H,3-9,16-21,23H2,1-2H3,(H,36,43)(H,41,42)/t30-,31-/m1/s1. The van der Waals surface area contributed by atoms with Gasteiger partial charge in [0, 0.05) is 32.6 Å². The van der Waals surface area contributed by atoms with Gasteiger partial charge in [0.05, 0.1) is 18.8 Å². The fourth-order valence-electron chi connectivity index (χ4n) is 7.30. The molecule has 0 radical (unpaired) electrons. The summed E-state index contributed by atoms with van der Waals surface area (Å²) >= 11 is 0. The summed E-state index contributed by atoms with van der Waals surface area (Å²) in [4.78, 5) is 43.1. The van der Waals surface area contributed by atoms with E-state index in [1.165, 1.54) is 12.0 Å². The maximum absolute atomic E-state index is 13.9. The second-order valence-corrected chi connectivity index (χ2v) is 12.8. The number of carbonyl (C=O) groups excluding carboxylic acids is 2. The highest BCUT2D eigenvalue weighted by Gasteiger charge is 2.55. The van der Waals surface area contributed by atoms with E-state index in [1.54, 1.807) is 25.3 Å². The third kappa shape index (κ3) is 6.79. The molecule has 5 rings (SSSR count). The van der Waals surface area contributed by atoms with Crippen molar-refractivity contribution in [3.63, 3.8) is 0 Å². The minimum Gasteiger partial charge on any atom is -0.496 e. The number of benzene rings is 2. The summed E-state index contributed by atoms with van der Waals surface area (Å²) in [5.41, 5.74) is 2.53. The third-order valence-corrected chi connectivity index (χ3v) is 10.0. The molecule has 2 aliphatic heterocycles. The van der Waals surface area contributed by atoms with Crippen LogP contribution < -0.4 is 10.1 Å². The number of piperidine rings is 1. The number of likely N-dealkylation sites (tertiary alicyclic amines) is 1. The van der Waals surface area contributed by atoms with Crippen molar-refractivity contribution in [3.05, 3.63) is 64.7 Å². The molecule has 0 bridgehead atoms. The summed E-state index contributed by atoms with van der Waals surface area (Å²) in [6.45, 7) is 4.79. The Morgan fingerprint density at radius 3 is 2.36 bits per heavy atom. The van der Waals surface area contributed by atoms with Gasteiger partial charge in [0.15, 0.2) is 0 Å². The Kier molecular flexibility index (Phi) is 10.3. The Balaban J connectivity index is 1.21. The van der Waals surface area contributed by atoms with Gasteiger partial charge in [-0.3, -0.25) is 14.5 Å². The van der Waals surface area contributed by atoms with Crippen LogP contribution in [0.15, 0.2) is 42.5 Å². The average Bonchev–Trinajstić information content (AvgIpc) is 3.05. The van der Waals surface area contributed by atoms with Crippen molar-refractivity contribution in [2.45, 2.75) is 95.4 Å². The highest BCUT2D eigenvalue weighted by Crippen LogP contribution is 2.36. The van der Waals surface area contributed by atoms with Crippen molar-refractivity contribution in [3.8, 4) is 5.75 Å². The fourth-order valence-corrected chi connectivity index (χ4v) is 7.30. The molecule has 3 fully saturated rings. The van der Waals surface area contributed by atoms with Gasteiger partial charge in [0.2, 0.25) is 11.8 Å². The molecule has 2 heterocycles. The lowest BCUT2D eigenvalue weighted by Crippen LogP contribution is -2.75. The topological polar surface area (TPSA) is 119 Å². The van der Waals surface area contributed by atoms with Gasteiger partial charge in [-0.2, -0.15) is 0 Å². The Morgan fingerprint density at radius 2 is 1.73 bits per heavy atom. The summed E-state index contributed by atoms with van der Waals surface area (Å²) in [6, 6.07) is 12.5. The highest BCUT2D eigenvalue weighted by molar-refractivity contribution is 6.00. The first kappa shape index (κ1) is 32.0. The Labute approximate surface area is 260 Å². The monoisotopic (exact) mass is 605 g/mol. The SMILES string of the molecule is CCCCN1C(=O)[C@@H]([C@H](O)C2CCCCC2)NC(=O)C12CCN(Cc1ccc(Cc3ccc(C(=O)O)cc3OC)cc1)CC2. The molecule has 2 amide bonds. The average molecular weight is 606 g/mol. The predicted molar refractivity (Wildman–Crippen MR) is 168 cm³/mol. The number of aliphatic hydroxyl groups excluding tert-OH is 1. The number of methoxy groups -OCH3 is 1. The molecule has 3 aliphatic rings. The number of nitrogens with one attached hydrogen (secondary N) is 1. The zero-order valence-electron chi connectivity index (χ0n) is 26.1. The molecule has 0 unspecified atom stereocenters. The summed E-state index contributed by atoms with van der Waals surface area (Å²) < 4.78 is 5.43. The molecule has 0 aromatic heterocycles. The second-order valence-electron chi connectivity index (χ2n) is 12.8. The first-order valence-electron chi connectivity index (χ1n) is 16.3. The minimum atomic E-state index is -0.982. The molecule has 2 aromatic carbocycles. The Bertz CT molecular complexity index is 1310. The number of ether oxygens (including phenoxy) is 1. The van der Waals surface area contributed by atoms with E-state index >= 15 is 0 Å². The molecule has 3 N–H and O–H groups in total. The van der Waals surface area contributed by atoms with Crippen LogP contribution in [0.2, 0.25) is 0 Å². The minimum absolute atomic E-state index is 0.0628. The van der Waals surface area contributed by atoms with Crippen LogP contribution in [0.5, 0.6) is 5.75 Å². The van der Waals surface area contributed by atoms with E-state index in [1.807, 2.05) is 4.90 Å². The second kappa shape index (κ2) is 14.1. The summed E-state index contributed by atoms with van der Waals surface area (Å²) in [5, 5.41) is 23.4. The summed E-state index contributed by atoms with van der Waals surface area (Å²) in [7, 11) is 1.55. The lowest BCUT2D eigenvalue weighted by Gasteiger charge is -2.52. The molecule has 2 atom stereocenters. The number of piperazine rings is 1. The lowest BCUT2D eigenvalue weighted by atomic mass is 9.78. The number of nitrogens with zero attached hydrogens (tertiary/aromatic N) is 2. The zero-order chi connectivity index (χ0) is 31.3. The third-order valence-electron chi connectivity index (χ3n) is 10.0. The van der Waals surface area contributed by atoms with Crippen LogP contribution in [0.25, 0.3) is 0 Å². The van der Waals surface area contributed by atoms with E-state index < -0.39 is 23.7 Å². The molecular weight excluding hydrogens is 558 g/mol.